The van der Waals surface area contributed by atoms with E-state index in [9.17, 15) is 14.4 Å². The van der Waals surface area contributed by atoms with Crippen molar-refractivity contribution < 1.29 is 28.6 Å². The van der Waals surface area contributed by atoms with E-state index in [-0.39, 0.29) is 31.1 Å². The van der Waals surface area contributed by atoms with E-state index in [1.165, 1.54) is 225 Å². The van der Waals surface area contributed by atoms with Crippen LogP contribution < -0.4 is 0 Å². The Hall–Kier alpha value is -1.59. The van der Waals surface area contributed by atoms with Gasteiger partial charge >= 0.3 is 17.9 Å². The molecule has 0 aromatic heterocycles. The van der Waals surface area contributed by atoms with Gasteiger partial charge in [0.05, 0.1) is 0 Å². The van der Waals surface area contributed by atoms with Gasteiger partial charge < -0.3 is 14.2 Å². The van der Waals surface area contributed by atoms with E-state index >= 15 is 0 Å². The van der Waals surface area contributed by atoms with E-state index in [0.717, 1.165) is 69.6 Å². The molecule has 0 aromatic carbocycles. The zero-order valence-corrected chi connectivity index (χ0v) is 45.3. The number of ether oxygens (including phenoxy) is 3. The predicted molar refractivity (Wildman–Crippen MR) is 284 cm³/mol. The Balaban J connectivity index is 4.26. The fourth-order valence-corrected chi connectivity index (χ4v) is 9.23. The van der Waals surface area contributed by atoms with Crippen LogP contribution in [0.1, 0.15) is 336 Å². The Kier molecular flexibility index (Phi) is 51.5. The van der Waals surface area contributed by atoms with Gasteiger partial charge in [0, 0.05) is 19.3 Å². The average Bonchev–Trinajstić information content (AvgIpc) is 3.29. The van der Waals surface area contributed by atoms with E-state index in [4.69, 9.17) is 14.2 Å². The molecule has 1 atom stereocenters. The summed E-state index contributed by atoms with van der Waals surface area (Å²) in [4.78, 5) is 38.2. The van der Waals surface area contributed by atoms with Crippen molar-refractivity contribution in [2.75, 3.05) is 13.2 Å². The second kappa shape index (κ2) is 52.8. The van der Waals surface area contributed by atoms with Crippen molar-refractivity contribution in [2.24, 2.45) is 11.8 Å². The molecule has 392 valence electrons. The standard InChI is InChI=1S/C60H116O6/c1-6-7-8-9-10-11-12-13-14-15-16-17-18-22-25-30-35-40-45-50-58(61)64-53-57(54-65-59(62)51-46-41-36-32-27-29-34-39-44-49-56(4)5)66-60(63)52-47-42-37-31-26-23-20-19-21-24-28-33-38-43-48-55(2)3/h55-57H,6-54H2,1-5H3/t57-/m1/s1. The molecule has 0 bridgehead atoms. The van der Waals surface area contributed by atoms with E-state index in [1.807, 2.05) is 0 Å². The summed E-state index contributed by atoms with van der Waals surface area (Å²) in [6.45, 7) is 11.4. The van der Waals surface area contributed by atoms with Crippen LogP contribution in [-0.4, -0.2) is 37.2 Å². The van der Waals surface area contributed by atoms with Crippen LogP contribution >= 0.6 is 0 Å². The highest BCUT2D eigenvalue weighted by Crippen LogP contribution is 2.18. The lowest BCUT2D eigenvalue weighted by Crippen LogP contribution is -2.30. The summed E-state index contributed by atoms with van der Waals surface area (Å²) >= 11 is 0. The second-order valence-electron chi connectivity index (χ2n) is 21.6. The predicted octanol–water partition coefficient (Wildman–Crippen LogP) is 19.7. The lowest BCUT2D eigenvalue weighted by molar-refractivity contribution is -0.167. The normalized spacial score (nSPS) is 12.0. The molecular weight excluding hydrogens is 817 g/mol. The minimum Gasteiger partial charge on any atom is -0.462 e. The van der Waals surface area contributed by atoms with Crippen LogP contribution in [0.15, 0.2) is 0 Å². The first-order valence-corrected chi connectivity index (χ1v) is 29.7. The smallest absolute Gasteiger partial charge is 0.306 e. The lowest BCUT2D eigenvalue weighted by Gasteiger charge is -2.18. The molecule has 0 saturated carbocycles. The number of rotatable bonds is 54. The highest BCUT2D eigenvalue weighted by molar-refractivity contribution is 5.71. The van der Waals surface area contributed by atoms with E-state index in [0.29, 0.717) is 19.3 Å². The Morgan fingerprint density at radius 1 is 0.288 bits per heavy atom. The van der Waals surface area contributed by atoms with E-state index < -0.39 is 6.10 Å². The van der Waals surface area contributed by atoms with Gasteiger partial charge in [0.1, 0.15) is 13.2 Å². The zero-order chi connectivity index (χ0) is 48.2. The first-order chi connectivity index (χ1) is 32.2. The summed E-state index contributed by atoms with van der Waals surface area (Å²) in [6.07, 6.45) is 56.7. The van der Waals surface area contributed by atoms with Gasteiger partial charge in [0.2, 0.25) is 0 Å². The molecule has 0 spiro atoms. The number of carbonyl (C=O) groups excluding carboxylic acids is 3. The summed E-state index contributed by atoms with van der Waals surface area (Å²) in [7, 11) is 0. The fraction of sp³-hybridized carbons (Fsp3) is 0.950. The summed E-state index contributed by atoms with van der Waals surface area (Å²) in [5.41, 5.74) is 0. The summed E-state index contributed by atoms with van der Waals surface area (Å²) < 4.78 is 16.9. The van der Waals surface area contributed by atoms with Gasteiger partial charge in [-0.3, -0.25) is 14.4 Å². The zero-order valence-electron chi connectivity index (χ0n) is 45.3. The molecule has 0 radical (unpaired) electrons. The maximum absolute atomic E-state index is 12.9. The third-order valence-corrected chi connectivity index (χ3v) is 13.7. The van der Waals surface area contributed by atoms with Crippen molar-refractivity contribution in [2.45, 2.75) is 343 Å². The van der Waals surface area contributed by atoms with Crippen molar-refractivity contribution in [3.8, 4) is 0 Å². The first kappa shape index (κ1) is 64.4. The van der Waals surface area contributed by atoms with Gasteiger partial charge in [-0.1, -0.05) is 298 Å². The number of hydrogen-bond acceptors (Lipinski definition) is 6. The van der Waals surface area contributed by atoms with Crippen LogP contribution in [0.4, 0.5) is 0 Å². The minimum atomic E-state index is -0.763. The molecule has 0 aliphatic heterocycles. The van der Waals surface area contributed by atoms with Gasteiger partial charge in [0.25, 0.3) is 0 Å². The molecule has 0 rings (SSSR count). The van der Waals surface area contributed by atoms with Crippen LogP contribution in [0.5, 0.6) is 0 Å². The number of unbranched alkanes of at least 4 members (excludes halogenated alkanes) is 39. The molecular formula is C60H116O6. The van der Waals surface area contributed by atoms with Gasteiger partial charge in [-0.15, -0.1) is 0 Å². The third kappa shape index (κ3) is 53.4. The van der Waals surface area contributed by atoms with Gasteiger partial charge in [-0.25, -0.2) is 0 Å². The van der Waals surface area contributed by atoms with Crippen LogP contribution in [0, 0.1) is 11.8 Å². The first-order valence-electron chi connectivity index (χ1n) is 29.7. The molecule has 6 nitrogen and oxygen atoms in total. The van der Waals surface area contributed by atoms with Crippen molar-refractivity contribution in [1.82, 2.24) is 0 Å². The Morgan fingerprint density at radius 3 is 0.742 bits per heavy atom. The van der Waals surface area contributed by atoms with Crippen LogP contribution in [0.3, 0.4) is 0 Å². The molecule has 0 unspecified atom stereocenters. The highest BCUT2D eigenvalue weighted by Gasteiger charge is 2.19. The molecule has 0 aliphatic carbocycles. The molecule has 0 aromatic rings. The largest absolute Gasteiger partial charge is 0.462 e. The third-order valence-electron chi connectivity index (χ3n) is 13.7. The van der Waals surface area contributed by atoms with Gasteiger partial charge in [-0.05, 0) is 31.1 Å². The highest BCUT2D eigenvalue weighted by atomic mass is 16.6. The van der Waals surface area contributed by atoms with Crippen LogP contribution in [-0.2, 0) is 28.6 Å². The van der Waals surface area contributed by atoms with Crippen molar-refractivity contribution in [3.05, 3.63) is 0 Å². The van der Waals surface area contributed by atoms with Crippen molar-refractivity contribution in [3.63, 3.8) is 0 Å². The minimum absolute atomic E-state index is 0.0628. The number of esters is 3. The Bertz CT molecular complexity index is 1010. The van der Waals surface area contributed by atoms with Crippen molar-refractivity contribution in [1.29, 1.82) is 0 Å². The summed E-state index contributed by atoms with van der Waals surface area (Å²) in [5, 5.41) is 0. The fourth-order valence-electron chi connectivity index (χ4n) is 9.23. The molecule has 0 amide bonds. The maximum Gasteiger partial charge on any atom is 0.306 e. The van der Waals surface area contributed by atoms with E-state index in [1.54, 1.807) is 0 Å². The Morgan fingerprint density at radius 2 is 0.500 bits per heavy atom. The van der Waals surface area contributed by atoms with Crippen molar-refractivity contribution >= 4 is 17.9 Å². The topological polar surface area (TPSA) is 78.9 Å². The molecule has 6 heteroatoms. The molecule has 0 heterocycles. The molecule has 0 N–H and O–H groups in total. The second-order valence-corrected chi connectivity index (χ2v) is 21.6. The van der Waals surface area contributed by atoms with E-state index in [2.05, 4.69) is 34.6 Å². The molecule has 0 aliphatic rings. The molecule has 0 fully saturated rings. The summed E-state index contributed by atoms with van der Waals surface area (Å²) in [5.74, 6) is 0.813. The average molecular weight is 934 g/mol. The van der Waals surface area contributed by atoms with Gasteiger partial charge in [-0.2, -0.15) is 0 Å². The molecule has 0 saturated heterocycles. The SMILES string of the molecule is CCCCCCCCCCCCCCCCCCCCCC(=O)OC[C@H](COC(=O)CCCCCCCCCCCC(C)C)OC(=O)CCCCCCCCCCCCCCCCC(C)C. The number of hydrogen-bond donors (Lipinski definition) is 0. The quantitative estimate of drug-likeness (QED) is 0.0343. The van der Waals surface area contributed by atoms with Crippen LogP contribution in [0.2, 0.25) is 0 Å². The number of carbonyl (C=O) groups is 3. The monoisotopic (exact) mass is 933 g/mol. The lowest BCUT2D eigenvalue weighted by atomic mass is 10.0. The maximum atomic E-state index is 12.9. The Labute approximate surface area is 412 Å². The molecule has 66 heavy (non-hydrogen) atoms. The van der Waals surface area contributed by atoms with Gasteiger partial charge in [0.15, 0.2) is 6.10 Å². The summed E-state index contributed by atoms with van der Waals surface area (Å²) in [6, 6.07) is 0. The van der Waals surface area contributed by atoms with Crippen LogP contribution in [0.25, 0.3) is 0 Å².